The van der Waals surface area contributed by atoms with Crippen LogP contribution in [0.4, 0.5) is 5.95 Å². The van der Waals surface area contributed by atoms with E-state index in [1.807, 2.05) is 12.1 Å². The van der Waals surface area contributed by atoms with Crippen molar-refractivity contribution in [3.05, 3.63) is 18.3 Å². The molecule has 4 nitrogen and oxygen atoms in total. The smallest absolute Gasteiger partial charge is 0.202 e. The van der Waals surface area contributed by atoms with Gasteiger partial charge in [0.05, 0.1) is 0 Å². The molecule has 2 aromatic heterocycles. The van der Waals surface area contributed by atoms with Crippen molar-refractivity contribution in [2.24, 2.45) is 5.92 Å². The number of nitrogens with zero attached hydrogens (tertiary/aromatic N) is 3. The fourth-order valence-electron chi connectivity index (χ4n) is 2.78. The van der Waals surface area contributed by atoms with Crippen LogP contribution in [0.3, 0.4) is 0 Å². The van der Waals surface area contributed by atoms with Crippen LogP contribution >= 0.6 is 0 Å². The first kappa shape index (κ1) is 9.63. The van der Waals surface area contributed by atoms with E-state index in [0.29, 0.717) is 17.9 Å². The standard InChI is InChI=1S/C12H16N4/c1-8-4-2-6-10(8)16-11-9(15-12(16)13)5-3-7-14-11/h3,5,7-8,10H,2,4,6H2,1H3,(H2,13,15). The maximum atomic E-state index is 6.01. The van der Waals surface area contributed by atoms with Crippen LogP contribution in [-0.2, 0) is 0 Å². The Morgan fingerprint density at radius 1 is 1.44 bits per heavy atom. The Morgan fingerprint density at radius 2 is 2.31 bits per heavy atom. The van der Waals surface area contributed by atoms with Crippen molar-refractivity contribution in [3.8, 4) is 0 Å². The molecule has 1 fully saturated rings. The molecular weight excluding hydrogens is 200 g/mol. The highest BCUT2D eigenvalue weighted by Crippen LogP contribution is 2.38. The van der Waals surface area contributed by atoms with Crippen LogP contribution in [0.2, 0.25) is 0 Å². The van der Waals surface area contributed by atoms with Gasteiger partial charge in [0.15, 0.2) is 5.65 Å². The molecule has 2 heterocycles. The molecule has 0 spiro atoms. The second-order valence-electron chi connectivity index (χ2n) is 4.66. The van der Waals surface area contributed by atoms with Gasteiger partial charge in [-0.3, -0.25) is 4.57 Å². The van der Waals surface area contributed by atoms with Gasteiger partial charge >= 0.3 is 0 Å². The highest BCUT2D eigenvalue weighted by atomic mass is 15.2. The lowest BCUT2D eigenvalue weighted by atomic mass is 10.1. The molecule has 0 radical (unpaired) electrons. The molecule has 0 amide bonds. The summed E-state index contributed by atoms with van der Waals surface area (Å²) in [7, 11) is 0. The quantitative estimate of drug-likeness (QED) is 0.796. The third-order valence-corrected chi connectivity index (χ3v) is 3.62. The normalized spacial score (nSPS) is 25.3. The van der Waals surface area contributed by atoms with Gasteiger partial charge in [-0.15, -0.1) is 0 Å². The zero-order valence-electron chi connectivity index (χ0n) is 9.43. The predicted molar refractivity (Wildman–Crippen MR) is 64.0 cm³/mol. The summed E-state index contributed by atoms with van der Waals surface area (Å²) in [6.45, 7) is 2.28. The highest BCUT2D eigenvalue weighted by molar-refractivity contribution is 5.74. The van der Waals surface area contributed by atoms with E-state index in [1.54, 1.807) is 6.20 Å². The van der Waals surface area contributed by atoms with Crippen LogP contribution in [0, 0.1) is 5.92 Å². The number of hydrogen-bond acceptors (Lipinski definition) is 3. The topological polar surface area (TPSA) is 56.7 Å². The zero-order valence-corrected chi connectivity index (χ0v) is 9.43. The molecule has 0 bridgehead atoms. The minimum absolute atomic E-state index is 0.472. The summed E-state index contributed by atoms with van der Waals surface area (Å²) in [6.07, 6.45) is 5.54. The van der Waals surface area contributed by atoms with Crippen LogP contribution in [0.1, 0.15) is 32.2 Å². The van der Waals surface area contributed by atoms with Crippen LogP contribution in [0.25, 0.3) is 11.2 Å². The predicted octanol–water partition coefficient (Wildman–Crippen LogP) is 2.37. The second kappa shape index (κ2) is 3.47. The minimum atomic E-state index is 0.472. The number of hydrogen-bond donors (Lipinski definition) is 1. The molecule has 3 rings (SSSR count). The molecule has 0 aliphatic heterocycles. The van der Waals surface area contributed by atoms with Gasteiger partial charge in [-0.25, -0.2) is 9.97 Å². The van der Waals surface area contributed by atoms with E-state index < -0.39 is 0 Å². The van der Waals surface area contributed by atoms with E-state index >= 15 is 0 Å². The number of pyridine rings is 1. The van der Waals surface area contributed by atoms with Crippen LogP contribution in [-0.4, -0.2) is 14.5 Å². The Bertz CT molecular complexity index is 517. The number of fused-ring (bicyclic) bond motifs is 1. The van der Waals surface area contributed by atoms with Gasteiger partial charge in [0.25, 0.3) is 0 Å². The number of nitrogens with two attached hydrogens (primary N) is 1. The van der Waals surface area contributed by atoms with Crippen LogP contribution < -0.4 is 5.73 Å². The van der Waals surface area contributed by atoms with E-state index in [2.05, 4.69) is 21.5 Å². The molecule has 0 saturated heterocycles. The fraction of sp³-hybridized carbons (Fsp3) is 0.500. The van der Waals surface area contributed by atoms with Gasteiger partial charge in [-0.05, 0) is 30.9 Å². The van der Waals surface area contributed by atoms with E-state index in [-0.39, 0.29) is 0 Å². The van der Waals surface area contributed by atoms with Crippen molar-refractivity contribution in [2.45, 2.75) is 32.2 Å². The molecule has 84 valence electrons. The number of rotatable bonds is 1. The van der Waals surface area contributed by atoms with E-state index in [0.717, 1.165) is 11.2 Å². The van der Waals surface area contributed by atoms with Crippen molar-refractivity contribution in [2.75, 3.05) is 5.73 Å². The summed E-state index contributed by atoms with van der Waals surface area (Å²) < 4.78 is 2.12. The Morgan fingerprint density at radius 3 is 3.06 bits per heavy atom. The Kier molecular flexibility index (Phi) is 2.09. The summed E-state index contributed by atoms with van der Waals surface area (Å²) in [4.78, 5) is 8.77. The third-order valence-electron chi connectivity index (χ3n) is 3.62. The Hall–Kier alpha value is -1.58. The van der Waals surface area contributed by atoms with Crippen LogP contribution in [0.15, 0.2) is 18.3 Å². The first-order chi connectivity index (χ1) is 7.77. The lowest BCUT2D eigenvalue weighted by molar-refractivity contribution is 0.419. The Balaban J connectivity index is 2.18. The monoisotopic (exact) mass is 216 g/mol. The largest absolute Gasteiger partial charge is 0.369 e. The van der Waals surface area contributed by atoms with E-state index in [9.17, 15) is 0 Å². The van der Waals surface area contributed by atoms with Gasteiger partial charge in [0.2, 0.25) is 5.95 Å². The van der Waals surface area contributed by atoms with Crippen molar-refractivity contribution < 1.29 is 0 Å². The summed E-state index contributed by atoms with van der Waals surface area (Å²) >= 11 is 0. The lowest BCUT2D eigenvalue weighted by Crippen LogP contribution is -2.14. The fourth-order valence-corrected chi connectivity index (χ4v) is 2.78. The molecule has 2 N–H and O–H groups in total. The van der Waals surface area contributed by atoms with Gasteiger partial charge in [-0.2, -0.15) is 0 Å². The number of anilines is 1. The van der Waals surface area contributed by atoms with Gasteiger partial charge in [0.1, 0.15) is 5.52 Å². The summed E-state index contributed by atoms with van der Waals surface area (Å²) in [5.74, 6) is 1.27. The number of imidazole rings is 1. The number of nitrogen functional groups attached to an aromatic ring is 1. The van der Waals surface area contributed by atoms with Crippen molar-refractivity contribution in [1.29, 1.82) is 0 Å². The highest BCUT2D eigenvalue weighted by Gasteiger charge is 2.28. The second-order valence-corrected chi connectivity index (χ2v) is 4.66. The SMILES string of the molecule is CC1CCCC1n1c(N)nc2cccnc21. The molecule has 0 aromatic carbocycles. The zero-order chi connectivity index (χ0) is 11.1. The summed E-state index contributed by atoms with van der Waals surface area (Å²) in [5, 5.41) is 0. The average Bonchev–Trinajstić information content (AvgIpc) is 2.81. The molecule has 2 unspecified atom stereocenters. The maximum Gasteiger partial charge on any atom is 0.202 e. The van der Waals surface area contributed by atoms with Gasteiger partial charge in [0, 0.05) is 12.2 Å². The van der Waals surface area contributed by atoms with Gasteiger partial charge in [-0.1, -0.05) is 13.3 Å². The third kappa shape index (κ3) is 1.29. The lowest BCUT2D eigenvalue weighted by Gasteiger charge is -2.18. The number of aromatic nitrogens is 3. The van der Waals surface area contributed by atoms with Gasteiger partial charge < -0.3 is 5.73 Å². The molecule has 4 heteroatoms. The first-order valence-corrected chi connectivity index (χ1v) is 5.86. The molecular formula is C12H16N4. The van der Waals surface area contributed by atoms with Crippen molar-refractivity contribution in [3.63, 3.8) is 0 Å². The van der Waals surface area contributed by atoms with E-state index in [1.165, 1.54) is 19.3 Å². The average molecular weight is 216 g/mol. The van der Waals surface area contributed by atoms with Crippen molar-refractivity contribution >= 4 is 17.1 Å². The summed E-state index contributed by atoms with van der Waals surface area (Å²) in [5.41, 5.74) is 7.84. The molecule has 2 aromatic rings. The van der Waals surface area contributed by atoms with Crippen LogP contribution in [0.5, 0.6) is 0 Å². The molecule has 1 saturated carbocycles. The van der Waals surface area contributed by atoms with E-state index in [4.69, 9.17) is 5.73 Å². The minimum Gasteiger partial charge on any atom is -0.369 e. The molecule has 16 heavy (non-hydrogen) atoms. The first-order valence-electron chi connectivity index (χ1n) is 5.86. The molecule has 1 aliphatic carbocycles. The maximum absolute atomic E-state index is 6.01. The van der Waals surface area contributed by atoms with Crippen molar-refractivity contribution in [1.82, 2.24) is 14.5 Å². The molecule has 2 atom stereocenters. The summed E-state index contributed by atoms with van der Waals surface area (Å²) in [6, 6.07) is 4.34. The Labute approximate surface area is 94.5 Å². The molecule has 1 aliphatic rings.